The lowest BCUT2D eigenvalue weighted by Crippen LogP contribution is -2.47. The van der Waals surface area contributed by atoms with Gasteiger partial charge in [-0.1, -0.05) is 0 Å². The van der Waals surface area contributed by atoms with Crippen molar-refractivity contribution in [2.45, 2.75) is 37.6 Å². The molecule has 0 aromatic heterocycles. The third kappa shape index (κ3) is 0.956. The molecule has 1 unspecified atom stereocenters. The van der Waals surface area contributed by atoms with Crippen molar-refractivity contribution in [1.82, 2.24) is 0 Å². The maximum atomic E-state index is 9.22. The van der Waals surface area contributed by atoms with Crippen molar-refractivity contribution >= 4 is 0 Å². The quantitative estimate of drug-likeness (QED) is 0.393. The van der Waals surface area contributed by atoms with Crippen molar-refractivity contribution in [2.24, 2.45) is 0 Å². The molecule has 54 valence electrons. The smallest absolute Gasteiger partial charge is 0.192 e. The van der Waals surface area contributed by atoms with Crippen LogP contribution in [-0.2, 0) is 0 Å². The van der Waals surface area contributed by atoms with Gasteiger partial charge in [0.05, 0.1) is 0 Å². The molecule has 0 radical (unpaired) electrons. The van der Waals surface area contributed by atoms with Gasteiger partial charge in [0.1, 0.15) is 5.60 Å². The van der Waals surface area contributed by atoms with Gasteiger partial charge in [0.2, 0.25) is 0 Å². The van der Waals surface area contributed by atoms with Crippen molar-refractivity contribution < 1.29 is 15.3 Å². The number of rotatable bonds is 0. The van der Waals surface area contributed by atoms with Crippen LogP contribution >= 0.6 is 0 Å². The fourth-order valence-electron chi connectivity index (χ4n) is 1.15. The molecule has 0 aromatic carbocycles. The largest absolute Gasteiger partial charge is 0.385 e. The maximum Gasteiger partial charge on any atom is 0.192 e. The highest BCUT2D eigenvalue weighted by Gasteiger charge is 2.48. The summed E-state index contributed by atoms with van der Waals surface area (Å²) in [4.78, 5) is 0. The molecule has 1 rings (SSSR count). The van der Waals surface area contributed by atoms with E-state index in [4.69, 9.17) is 10.2 Å². The van der Waals surface area contributed by atoms with Gasteiger partial charge in [-0.3, -0.25) is 0 Å². The van der Waals surface area contributed by atoms with Crippen LogP contribution in [0, 0.1) is 0 Å². The molecule has 1 saturated carbocycles. The van der Waals surface area contributed by atoms with E-state index in [2.05, 4.69) is 0 Å². The molecule has 3 nitrogen and oxygen atoms in total. The van der Waals surface area contributed by atoms with Crippen LogP contribution in [0.2, 0.25) is 0 Å². The van der Waals surface area contributed by atoms with Crippen LogP contribution in [0.15, 0.2) is 0 Å². The lowest BCUT2D eigenvalue weighted by atomic mass is 10.00. The van der Waals surface area contributed by atoms with Crippen molar-refractivity contribution in [3.63, 3.8) is 0 Å². The molecule has 0 aliphatic heterocycles. The molecule has 0 amide bonds. The number of hydrogen-bond acceptors (Lipinski definition) is 3. The minimum absolute atomic E-state index is 0.278. The molecule has 0 aromatic rings. The van der Waals surface area contributed by atoms with Crippen LogP contribution in [-0.4, -0.2) is 26.7 Å². The van der Waals surface area contributed by atoms with E-state index in [0.717, 1.165) is 0 Å². The molecule has 1 aliphatic rings. The zero-order chi connectivity index (χ0) is 7.12. The third-order valence-corrected chi connectivity index (χ3v) is 2.05. The first-order chi connectivity index (χ1) is 3.96. The van der Waals surface area contributed by atoms with E-state index < -0.39 is 11.4 Å². The summed E-state index contributed by atoms with van der Waals surface area (Å²) in [7, 11) is 0. The normalized spacial score (nSPS) is 41.3. The zero-order valence-electron chi connectivity index (χ0n) is 5.46. The van der Waals surface area contributed by atoms with E-state index >= 15 is 0 Å². The van der Waals surface area contributed by atoms with Crippen LogP contribution in [0.3, 0.4) is 0 Å². The average molecular weight is 132 g/mol. The first-order valence-corrected chi connectivity index (χ1v) is 3.13. The van der Waals surface area contributed by atoms with E-state index in [-0.39, 0.29) is 6.42 Å². The highest BCUT2D eigenvalue weighted by Crippen LogP contribution is 2.36. The summed E-state index contributed by atoms with van der Waals surface area (Å²) < 4.78 is 0. The summed E-state index contributed by atoms with van der Waals surface area (Å²) in [5, 5.41) is 27.3. The molecule has 1 fully saturated rings. The lowest BCUT2D eigenvalue weighted by Gasteiger charge is -2.29. The summed E-state index contributed by atoms with van der Waals surface area (Å²) in [5.74, 6) is -1.85. The molecule has 0 heterocycles. The van der Waals surface area contributed by atoms with E-state index in [0.29, 0.717) is 12.8 Å². The molecule has 9 heavy (non-hydrogen) atoms. The van der Waals surface area contributed by atoms with Gasteiger partial charge in [-0.2, -0.15) is 0 Å². The Morgan fingerprint density at radius 2 is 1.67 bits per heavy atom. The second-order valence-corrected chi connectivity index (χ2v) is 2.94. The fraction of sp³-hybridized carbons (Fsp3) is 1.00. The Bertz CT molecular complexity index is 103. The van der Waals surface area contributed by atoms with Gasteiger partial charge in [-0.05, 0) is 19.8 Å². The average Bonchev–Trinajstić information content (AvgIpc) is 1.81. The number of aliphatic hydroxyl groups is 3. The first-order valence-electron chi connectivity index (χ1n) is 3.13. The minimum atomic E-state index is -1.85. The van der Waals surface area contributed by atoms with Crippen LogP contribution < -0.4 is 0 Å². The molecular weight excluding hydrogens is 120 g/mol. The summed E-state index contributed by atoms with van der Waals surface area (Å²) >= 11 is 0. The first kappa shape index (κ1) is 6.99. The van der Waals surface area contributed by atoms with Gasteiger partial charge in [-0.25, -0.2) is 0 Å². The molecule has 0 saturated heterocycles. The van der Waals surface area contributed by atoms with Crippen LogP contribution in [0.4, 0.5) is 0 Å². The minimum Gasteiger partial charge on any atom is -0.385 e. The van der Waals surface area contributed by atoms with Crippen molar-refractivity contribution in [3.05, 3.63) is 0 Å². The second-order valence-electron chi connectivity index (χ2n) is 2.94. The lowest BCUT2D eigenvalue weighted by molar-refractivity contribution is -0.250. The third-order valence-electron chi connectivity index (χ3n) is 2.05. The summed E-state index contributed by atoms with van der Waals surface area (Å²) in [6.45, 7) is 1.44. The van der Waals surface area contributed by atoms with E-state index in [1.807, 2.05) is 0 Å². The Labute approximate surface area is 53.9 Å². The predicted octanol–water partition coefficient (Wildman–Crippen LogP) is -0.398. The predicted molar refractivity (Wildman–Crippen MR) is 31.6 cm³/mol. The SMILES string of the molecule is CC1(O)CCCC1(O)O. The van der Waals surface area contributed by atoms with E-state index in [9.17, 15) is 5.11 Å². The fourth-order valence-corrected chi connectivity index (χ4v) is 1.15. The second kappa shape index (κ2) is 1.68. The summed E-state index contributed by atoms with van der Waals surface area (Å²) in [6, 6.07) is 0. The molecular formula is C6H12O3. The summed E-state index contributed by atoms with van der Waals surface area (Å²) in [6.07, 6.45) is 1.43. The zero-order valence-corrected chi connectivity index (χ0v) is 5.46. The highest BCUT2D eigenvalue weighted by atomic mass is 16.5. The monoisotopic (exact) mass is 132 g/mol. The van der Waals surface area contributed by atoms with Crippen molar-refractivity contribution in [2.75, 3.05) is 0 Å². The Morgan fingerprint density at radius 3 is 1.78 bits per heavy atom. The Balaban J connectivity index is 2.75. The highest BCUT2D eigenvalue weighted by molar-refractivity contribution is 4.93. The Kier molecular flexibility index (Phi) is 1.31. The van der Waals surface area contributed by atoms with Crippen molar-refractivity contribution in [3.8, 4) is 0 Å². The molecule has 0 spiro atoms. The van der Waals surface area contributed by atoms with Crippen LogP contribution in [0.1, 0.15) is 26.2 Å². The van der Waals surface area contributed by atoms with E-state index in [1.165, 1.54) is 6.92 Å². The van der Waals surface area contributed by atoms with Gasteiger partial charge in [0.15, 0.2) is 5.79 Å². The van der Waals surface area contributed by atoms with Crippen molar-refractivity contribution in [1.29, 1.82) is 0 Å². The Morgan fingerprint density at radius 1 is 1.11 bits per heavy atom. The summed E-state index contributed by atoms with van der Waals surface area (Å²) in [5.41, 5.74) is -1.30. The molecule has 1 aliphatic carbocycles. The standard InChI is InChI=1S/C6H12O3/c1-5(7)3-2-4-6(5,8)9/h7-9H,2-4H2,1H3. The van der Waals surface area contributed by atoms with Gasteiger partial charge in [0.25, 0.3) is 0 Å². The molecule has 3 heteroatoms. The molecule has 3 N–H and O–H groups in total. The van der Waals surface area contributed by atoms with Gasteiger partial charge in [-0.15, -0.1) is 0 Å². The van der Waals surface area contributed by atoms with Crippen LogP contribution in [0.5, 0.6) is 0 Å². The Hall–Kier alpha value is -0.120. The van der Waals surface area contributed by atoms with Gasteiger partial charge >= 0.3 is 0 Å². The maximum absolute atomic E-state index is 9.22. The van der Waals surface area contributed by atoms with Gasteiger partial charge in [0, 0.05) is 6.42 Å². The molecule has 1 atom stereocenters. The van der Waals surface area contributed by atoms with Crippen LogP contribution in [0.25, 0.3) is 0 Å². The molecule has 0 bridgehead atoms. The number of hydrogen-bond donors (Lipinski definition) is 3. The van der Waals surface area contributed by atoms with Gasteiger partial charge < -0.3 is 15.3 Å². The topological polar surface area (TPSA) is 60.7 Å². The van der Waals surface area contributed by atoms with E-state index in [1.54, 1.807) is 0 Å².